The number of aromatic nitrogens is 5. The molecule has 34 heavy (non-hydrogen) atoms. The van der Waals surface area contributed by atoms with Crippen molar-refractivity contribution in [2.24, 2.45) is 0 Å². The first kappa shape index (κ1) is 21.8. The van der Waals surface area contributed by atoms with Gasteiger partial charge in [-0.15, -0.1) is 0 Å². The van der Waals surface area contributed by atoms with Gasteiger partial charge in [0.15, 0.2) is 11.5 Å². The molecule has 5 rings (SSSR count). The van der Waals surface area contributed by atoms with Gasteiger partial charge < -0.3 is 9.73 Å². The smallest absolute Gasteiger partial charge is 0.247 e. The first-order chi connectivity index (χ1) is 16.4. The number of hydrogen-bond donors (Lipinski definition) is 1. The average Bonchev–Trinajstić information content (AvgIpc) is 3.51. The molecule has 8 nitrogen and oxygen atoms in total. The van der Waals surface area contributed by atoms with Crippen LogP contribution >= 0.6 is 11.6 Å². The first-order valence-corrected chi connectivity index (χ1v) is 10.9. The maximum atomic E-state index is 13.3. The van der Waals surface area contributed by atoms with E-state index in [1.165, 1.54) is 12.1 Å². The highest BCUT2D eigenvalue weighted by Crippen LogP contribution is 2.30. The number of carbonyl (C=O) groups is 1. The van der Waals surface area contributed by atoms with Crippen molar-refractivity contribution >= 4 is 34.4 Å². The molecule has 0 aliphatic rings. The van der Waals surface area contributed by atoms with E-state index in [0.29, 0.717) is 28.8 Å². The zero-order chi connectivity index (χ0) is 23.8. The molecule has 0 saturated heterocycles. The molecule has 4 aromatic heterocycles. The molecule has 0 aliphatic carbocycles. The van der Waals surface area contributed by atoms with Crippen LogP contribution in [0, 0.1) is 19.7 Å². The summed E-state index contributed by atoms with van der Waals surface area (Å²) in [6.07, 6.45) is 3.28. The number of pyridine rings is 1. The summed E-state index contributed by atoms with van der Waals surface area (Å²) in [5, 5.41) is 12.9. The lowest BCUT2D eigenvalue weighted by atomic mass is 10.1. The van der Waals surface area contributed by atoms with Crippen LogP contribution in [0.15, 0.2) is 59.3 Å². The summed E-state index contributed by atoms with van der Waals surface area (Å²) >= 11 is 6.13. The van der Waals surface area contributed by atoms with Crippen molar-refractivity contribution in [2.75, 3.05) is 5.32 Å². The first-order valence-electron chi connectivity index (χ1n) is 10.5. The fourth-order valence-corrected chi connectivity index (χ4v) is 4.12. The van der Waals surface area contributed by atoms with E-state index >= 15 is 0 Å². The van der Waals surface area contributed by atoms with Gasteiger partial charge in [0, 0.05) is 28.5 Å². The number of nitrogens with one attached hydrogen (secondary N) is 1. The van der Waals surface area contributed by atoms with Gasteiger partial charge in [0.25, 0.3) is 0 Å². The zero-order valence-corrected chi connectivity index (χ0v) is 19.2. The SMILES string of the molecule is Cc1nn(CC(=O)Nc2cc(C)n(Cc3ccc(F)cc3Cl)n2)c2nccc(-c3ccco3)c12. The Labute approximate surface area is 199 Å². The number of amides is 1. The highest BCUT2D eigenvalue weighted by Gasteiger charge is 2.18. The molecule has 0 unspecified atom stereocenters. The molecule has 0 atom stereocenters. The Kier molecular flexibility index (Phi) is 5.62. The van der Waals surface area contributed by atoms with E-state index in [1.807, 2.05) is 32.0 Å². The molecule has 0 radical (unpaired) electrons. The van der Waals surface area contributed by atoms with Gasteiger partial charge in [-0.2, -0.15) is 10.2 Å². The number of hydrogen-bond acceptors (Lipinski definition) is 5. The average molecular weight is 479 g/mol. The number of fused-ring (bicyclic) bond motifs is 1. The van der Waals surface area contributed by atoms with Gasteiger partial charge in [0.1, 0.15) is 18.1 Å². The molecule has 1 amide bonds. The van der Waals surface area contributed by atoms with Crippen LogP contribution in [0.1, 0.15) is 17.0 Å². The van der Waals surface area contributed by atoms with Gasteiger partial charge in [0.05, 0.1) is 23.9 Å². The van der Waals surface area contributed by atoms with E-state index in [0.717, 1.165) is 27.9 Å². The maximum absolute atomic E-state index is 13.3. The summed E-state index contributed by atoms with van der Waals surface area (Å²) in [4.78, 5) is 17.2. The van der Waals surface area contributed by atoms with Crippen molar-refractivity contribution in [1.29, 1.82) is 0 Å². The Bertz CT molecular complexity index is 1510. The minimum Gasteiger partial charge on any atom is -0.464 e. The van der Waals surface area contributed by atoms with E-state index in [-0.39, 0.29) is 12.5 Å². The number of benzene rings is 1. The molecule has 5 aromatic rings. The van der Waals surface area contributed by atoms with Crippen molar-refractivity contribution in [3.63, 3.8) is 0 Å². The molecule has 0 aliphatic heterocycles. The van der Waals surface area contributed by atoms with Crippen LogP contribution in [0.25, 0.3) is 22.4 Å². The third-order valence-corrected chi connectivity index (χ3v) is 5.82. The molecule has 1 N–H and O–H groups in total. The van der Waals surface area contributed by atoms with Crippen molar-refractivity contribution in [3.05, 3.63) is 82.7 Å². The van der Waals surface area contributed by atoms with Gasteiger partial charge in [-0.05, 0) is 49.7 Å². The minimum absolute atomic E-state index is 0.0331. The van der Waals surface area contributed by atoms with E-state index in [4.69, 9.17) is 16.0 Å². The summed E-state index contributed by atoms with van der Waals surface area (Å²) in [5.41, 5.74) is 3.76. The maximum Gasteiger partial charge on any atom is 0.247 e. The molecule has 10 heteroatoms. The molecule has 4 heterocycles. The van der Waals surface area contributed by atoms with Gasteiger partial charge >= 0.3 is 0 Å². The monoisotopic (exact) mass is 478 g/mol. The highest BCUT2D eigenvalue weighted by atomic mass is 35.5. The standard InChI is InChI=1S/C24H20ClFN6O2/c1-14-10-21(30-31(14)12-16-5-6-17(26)11-19(16)25)28-22(33)13-32-24-23(15(2)29-32)18(7-8-27-24)20-4-3-9-34-20/h3-11H,12-13H2,1-2H3,(H,28,30,33). The lowest BCUT2D eigenvalue weighted by Crippen LogP contribution is -2.20. The van der Waals surface area contributed by atoms with Crippen LogP contribution in [0.5, 0.6) is 0 Å². The second-order valence-corrected chi connectivity index (χ2v) is 8.30. The number of aryl methyl sites for hydroxylation is 2. The van der Waals surface area contributed by atoms with Crippen molar-refractivity contribution in [1.82, 2.24) is 24.5 Å². The number of anilines is 1. The predicted octanol–water partition coefficient (Wildman–Crippen LogP) is 4.98. The Balaban J connectivity index is 1.34. The number of furan rings is 1. The zero-order valence-electron chi connectivity index (χ0n) is 18.4. The van der Waals surface area contributed by atoms with Gasteiger partial charge in [0.2, 0.25) is 5.91 Å². The normalized spacial score (nSPS) is 11.3. The fourth-order valence-electron chi connectivity index (χ4n) is 3.89. The summed E-state index contributed by atoms with van der Waals surface area (Å²) in [6.45, 7) is 4.05. The van der Waals surface area contributed by atoms with Crippen molar-refractivity contribution < 1.29 is 13.6 Å². The molecular formula is C24H20ClFN6O2. The Morgan fingerprint density at radius 3 is 2.76 bits per heavy atom. The lowest BCUT2D eigenvalue weighted by molar-refractivity contribution is -0.116. The molecule has 0 bridgehead atoms. The number of carbonyl (C=O) groups excluding carboxylic acids is 1. The highest BCUT2D eigenvalue weighted by molar-refractivity contribution is 6.31. The summed E-state index contributed by atoms with van der Waals surface area (Å²) < 4.78 is 22.1. The van der Waals surface area contributed by atoms with Crippen LogP contribution in [0.4, 0.5) is 10.2 Å². The topological polar surface area (TPSA) is 90.8 Å². The lowest BCUT2D eigenvalue weighted by Gasteiger charge is -2.07. The second kappa shape index (κ2) is 8.75. The van der Waals surface area contributed by atoms with Gasteiger partial charge in [-0.1, -0.05) is 17.7 Å². The number of halogens is 2. The summed E-state index contributed by atoms with van der Waals surface area (Å²) in [6, 6.07) is 11.5. The van der Waals surface area contributed by atoms with Gasteiger partial charge in [-0.3, -0.25) is 9.48 Å². The van der Waals surface area contributed by atoms with Crippen molar-refractivity contribution in [2.45, 2.75) is 26.9 Å². The fraction of sp³-hybridized carbons (Fsp3) is 0.167. The summed E-state index contributed by atoms with van der Waals surface area (Å²) in [5.74, 6) is 0.421. The van der Waals surface area contributed by atoms with Crippen LogP contribution in [-0.4, -0.2) is 30.5 Å². The van der Waals surface area contributed by atoms with E-state index in [2.05, 4.69) is 20.5 Å². The Hall–Kier alpha value is -3.98. The van der Waals surface area contributed by atoms with Crippen LogP contribution in [0.2, 0.25) is 5.02 Å². The van der Waals surface area contributed by atoms with Crippen molar-refractivity contribution in [3.8, 4) is 11.3 Å². The Morgan fingerprint density at radius 1 is 1.15 bits per heavy atom. The number of rotatable bonds is 6. The molecule has 0 spiro atoms. The van der Waals surface area contributed by atoms with Crippen LogP contribution in [0.3, 0.4) is 0 Å². The van der Waals surface area contributed by atoms with Crippen LogP contribution < -0.4 is 5.32 Å². The third-order valence-electron chi connectivity index (χ3n) is 5.47. The second-order valence-electron chi connectivity index (χ2n) is 7.89. The van der Waals surface area contributed by atoms with Gasteiger partial charge in [-0.25, -0.2) is 14.1 Å². The quantitative estimate of drug-likeness (QED) is 0.371. The number of nitrogens with zero attached hydrogens (tertiary/aromatic N) is 5. The minimum atomic E-state index is -0.397. The van der Waals surface area contributed by atoms with E-state index in [9.17, 15) is 9.18 Å². The third kappa shape index (κ3) is 4.17. The molecular weight excluding hydrogens is 459 g/mol. The molecule has 0 saturated carbocycles. The molecule has 172 valence electrons. The molecule has 0 fully saturated rings. The molecule has 1 aromatic carbocycles. The Morgan fingerprint density at radius 2 is 2.00 bits per heavy atom. The van der Waals surface area contributed by atoms with Crippen LogP contribution in [-0.2, 0) is 17.9 Å². The largest absolute Gasteiger partial charge is 0.464 e. The van der Waals surface area contributed by atoms with E-state index < -0.39 is 5.82 Å². The van der Waals surface area contributed by atoms with E-state index in [1.54, 1.807) is 34.0 Å². The summed E-state index contributed by atoms with van der Waals surface area (Å²) in [7, 11) is 0. The predicted molar refractivity (Wildman–Crippen MR) is 126 cm³/mol.